The Hall–Kier alpha value is -3.12. The minimum Gasteiger partial charge on any atom is -0.355 e. The maximum Gasteiger partial charge on any atom is 0.271 e. The summed E-state index contributed by atoms with van der Waals surface area (Å²) in [5.41, 5.74) is 4.50. The van der Waals surface area contributed by atoms with Crippen LogP contribution in [0.25, 0.3) is 5.69 Å². The van der Waals surface area contributed by atoms with E-state index < -0.39 is 0 Å². The summed E-state index contributed by atoms with van der Waals surface area (Å²) >= 11 is 6.24. The first-order valence-corrected chi connectivity index (χ1v) is 11.2. The van der Waals surface area contributed by atoms with Gasteiger partial charge in [0.05, 0.1) is 5.69 Å². The number of rotatable bonds is 4. The molecule has 32 heavy (non-hydrogen) atoms. The van der Waals surface area contributed by atoms with E-state index in [1.165, 1.54) is 10.7 Å². The van der Waals surface area contributed by atoms with Crippen molar-refractivity contribution in [3.05, 3.63) is 80.6 Å². The van der Waals surface area contributed by atoms with Gasteiger partial charge in [0.25, 0.3) is 5.56 Å². The number of piperidine rings is 1. The third kappa shape index (κ3) is 4.55. The lowest BCUT2D eigenvalue weighted by Gasteiger charge is -2.32. The van der Waals surface area contributed by atoms with Gasteiger partial charge in [-0.1, -0.05) is 29.8 Å². The van der Waals surface area contributed by atoms with Crippen molar-refractivity contribution < 1.29 is 4.79 Å². The van der Waals surface area contributed by atoms with Gasteiger partial charge in [0.1, 0.15) is 5.82 Å². The summed E-state index contributed by atoms with van der Waals surface area (Å²) in [7, 11) is 0. The Morgan fingerprint density at radius 3 is 2.50 bits per heavy atom. The molecule has 1 N–H and O–H groups in total. The molecular weight excluding hydrogens is 424 g/mol. The van der Waals surface area contributed by atoms with Crippen LogP contribution in [-0.2, 0) is 4.79 Å². The number of hydrogen-bond acceptors (Lipinski definition) is 4. The molecule has 1 aliphatic heterocycles. The molecular formula is C25H27ClN4O2. The quantitative estimate of drug-likeness (QED) is 0.627. The number of nitrogens with one attached hydrogen (secondary N) is 1. The second kappa shape index (κ2) is 9.17. The highest BCUT2D eigenvalue weighted by atomic mass is 35.5. The lowest BCUT2D eigenvalue weighted by atomic mass is 9.95. The van der Waals surface area contributed by atoms with Crippen LogP contribution in [0.15, 0.2) is 53.3 Å². The Kier molecular flexibility index (Phi) is 6.33. The highest BCUT2D eigenvalue weighted by Crippen LogP contribution is 2.25. The minimum absolute atomic E-state index is 0.0482. The highest BCUT2D eigenvalue weighted by Gasteiger charge is 2.26. The van der Waals surface area contributed by atoms with E-state index in [1.807, 2.05) is 51.1 Å². The first kappa shape index (κ1) is 22.1. The van der Waals surface area contributed by atoms with E-state index in [0.717, 1.165) is 41.0 Å². The topological polar surface area (TPSA) is 67.2 Å². The fourth-order valence-electron chi connectivity index (χ4n) is 3.96. The summed E-state index contributed by atoms with van der Waals surface area (Å²) in [6.45, 7) is 7.38. The molecule has 1 amide bonds. The van der Waals surface area contributed by atoms with Gasteiger partial charge >= 0.3 is 0 Å². The maximum atomic E-state index is 12.8. The Morgan fingerprint density at radius 1 is 1.03 bits per heavy atom. The van der Waals surface area contributed by atoms with Crippen molar-refractivity contribution in [3.8, 4) is 5.69 Å². The van der Waals surface area contributed by atoms with Crippen molar-refractivity contribution in [2.75, 3.05) is 23.3 Å². The Labute approximate surface area is 192 Å². The van der Waals surface area contributed by atoms with Crippen molar-refractivity contribution in [3.63, 3.8) is 0 Å². The van der Waals surface area contributed by atoms with Crippen LogP contribution in [0.5, 0.6) is 0 Å². The normalized spacial score (nSPS) is 14.4. The number of carbonyl (C=O) groups is 1. The smallest absolute Gasteiger partial charge is 0.271 e. The molecule has 1 aliphatic rings. The van der Waals surface area contributed by atoms with Crippen molar-refractivity contribution in [2.45, 2.75) is 33.6 Å². The molecule has 3 aromatic rings. The number of anilines is 2. The molecule has 0 radical (unpaired) electrons. The van der Waals surface area contributed by atoms with Gasteiger partial charge in [-0.3, -0.25) is 9.59 Å². The molecule has 7 heteroatoms. The molecule has 0 atom stereocenters. The average Bonchev–Trinajstić information content (AvgIpc) is 2.79. The fraction of sp³-hybridized carbons (Fsp3) is 0.320. The average molecular weight is 451 g/mol. The summed E-state index contributed by atoms with van der Waals surface area (Å²) in [5.74, 6) is 0.730. The standard InChI is InChI=1S/C25H27ClN4O2/c1-16-5-4-6-22(18(16)3)27-25(32)19-11-13-29(14-12-19)23-9-10-24(31)30(28-23)20-8-7-17(2)21(26)15-20/h4-10,15,19H,11-14H2,1-3H3,(H,27,32). The van der Waals surface area contributed by atoms with E-state index in [1.54, 1.807) is 12.1 Å². The maximum absolute atomic E-state index is 12.8. The summed E-state index contributed by atoms with van der Waals surface area (Å²) in [5, 5.41) is 8.25. The van der Waals surface area contributed by atoms with Crippen molar-refractivity contribution in [1.82, 2.24) is 9.78 Å². The van der Waals surface area contributed by atoms with Crippen molar-refractivity contribution in [1.29, 1.82) is 0 Å². The Morgan fingerprint density at radius 2 is 1.78 bits per heavy atom. The number of amides is 1. The number of aromatic nitrogens is 2. The second-order valence-electron chi connectivity index (χ2n) is 8.37. The number of carbonyl (C=O) groups excluding carboxylic acids is 1. The molecule has 1 fully saturated rings. The molecule has 6 nitrogen and oxygen atoms in total. The number of benzene rings is 2. The van der Waals surface area contributed by atoms with E-state index >= 15 is 0 Å². The summed E-state index contributed by atoms with van der Waals surface area (Å²) < 4.78 is 1.37. The zero-order valence-electron chi connectivity index (χ0n) is 18.6. The van der Waals surface area contributed by atoms with Crippen LogP contribution in [0.2, 0.25) is 5.02 Å². The number of nitrogens with zero attached hydrogens (tertiary/aromatic N) is 3. The minimum atomic E-state index is -0.212. The summed E-state index contributed by atoms with van der Waals surface area (Å²) in [6, 6.07) is 14.7. The van der Waals surface area contributed by atoms with Gasteiger partial charge in [0.2, 0.25) is 5.91 Å². The fourth-order valence-corrected chi connectivity index (χ4v) is 4.14. The van der Waals surface area contributed by atoms with Gasteiger partial charge in [-0.15, -0.1) is 5.10 Å². The molecule has 1 saturated heterocycles. The molecule has 0 saturated carbocycles. The Balaban J connectivity index is 1.45. The van der Waals surface area contributed by atoms with E-state index in [2.05, 4.69) is 15.3 Å². The van der Waals surface area contributed by atoms with Crippen molar-refractivity contribution in [2.24, 2.45) is 5.92 Å². The van der Waals surface area contributed by atoms with Gasteiger partial charge in [0, 0.05) is 35.8 Å². The molecule has 4 rings (SSSR count). The van der Waals surface area contributed by atoms with Crippen LogP contribution < -0.4 is 15.8 Å². The van der Waals surface area contributed by atoms with Gasteiger partial charge < -0.3 is 10.2 Å². The van der Waals surface area contributed by atoms with E-state index in [-0.39, 0.29) is 17.4 Å². The van der Waals surface area contributed by atoms with Crippen LogP contribution in [0, 0.1) is 26.7 Å². The van der Waals surface area contributed by atoms with Crippen LogP contribution >= 0.6 is 11.6 Å². The Bertz CT molecular complexity index is 1210. The van der Waals surface area contributed by atoms with Gasteiger partial charge in [-0.05, 0) is 74.6 Å². The second-order valence-corrected chi connectivity index (χ2v) is 8.78. The van der Waals surface area contributed by atoms with Gasteiger partial charge in [-0.25, -0.2) is 0 Å². The van der Waals surface area contributed by atoms with Crippen LogP contribution in [0.3, 0.4) is 0 Å². The van der Waals surface area contributed by atoms with E-state index in [4.69, 9.17) is 11.6 Å². The largest absolute Gasteiger partial charge is 0.355 e. The number of halogens is 1. The van der Waals surface area contributed by atoms with Crippen LogP contribution in [0.4, 0.5) is 11.5 Å². The SMILES string of the molecule is Cc1ccc(-n2nc(N3CCC(C(=O)Nc4cccc(C)c4C)CC3)ccc2=O)cc1Cl. The third-order valence-corrected chi connectivity index (χ3v) is 6.65. The predicted octanol–water partition coefficient (Wildman–Crippen LogP) is 4.67. The number of aryl methyl sites for hydroxylation is 2. The molecule has 2 heterocycles. The van der Waals surface area contributed by atoms with Crippen LogP contribution in [-0.4, -0.2) is 28.8 Å². The summed E-state index contributed by atoms with van der Waals surface area (Å²) in [6.07, 6.45) is 1.46. The lowest BCUT2D eigenvalue weighted by molar-refractivity contribution is -0.120. The monoisotopic (exact) mass is 450 g/mol. The number of hydrogen-bond donors (Lipinski definition) is 1. The van der Waals surface area contributed by atoms with Gasteiger partial charge in [-0.2, -0.15) is 4.68 Å². The molecule has 0 unspecified atom stereocenters. The molecule has 166 valence electrons. The zero-order chi connectivity index (χ0) is 22.8. The predicted molar refractivity (Wildman–Crippen MR) is 129 cm³/mol. The first-order chi connectivity index (χ1) is 15.3. The van der Waals surface area contributed by atoms with E-state index in [0.29, 0.717) is 23.8 Å². The third-order valence-electron chi connectivity index (χ3n) is 6.24. The first-order valence-electron chi connectivity index (χ1n) is 10.8. The summed E-state index contributed by atoms with van der Waals surface area (Å²) in [4.78, 5) is 27.3. The van der Waals surface area contributed by atoms with E-state index in [9.17, 15) is 9.59 Å². The van der Waals surface area contributed by atoms with Gasteiger partial charge in [0.15, 0.2) is 0 Å². The molecule has 1 aromatic heterocycles. The van der Waals surface area contributed by atoms with Crippen molar-refractivity contribution >= 4 is 29.0 Å². The lowest BCUT2D eigenvalue weighted by Crippen LogP contribution is -2.39. The molecule has 2 aromatic carbocycles. The molecule has 0 spiro atoms. The molecule has 0 bridgehead atoms. The molecule has 0 aliphatic carbocycles. The van der Waals surface area contributed by atoms with Crippen LogP contribution in [0.1, 0.15) is 29.5 Å². The zero-order valence-corrected chi connectivity index (χ0v) is 19.3. The highest BCUT2D eigenvalue weighted by molar-refractivity contribution is 6.31.